The number of allylic oxidation sites excluding steroid dienone is 3. The number of nitrogens with one attached hydrogen (secondary N) is 1. The number of carbonyl (C=O) groups is 3. The van der Waals surface area contributed by atoms with Crippen LogP contribution in [-0.4, -0.2) is 43.2 Å². The summed E-state index contributed by atoms with van der Waals surface area (Å²) in [5.74, 6) is -3.26. The van der Waals surface area contributed by atoms with Crippen LogP contribution in [0.2, 0.25) is 0 Å². The average molecular weight is 498 g/mol. The van der Waals surface area contributed by atoms with Crippen molar-refractivity contribution in [3.05, 3.63) is 46.3 Å². The van der Waals surface area contributed by atoms with Crippen LogP contribution >= 0.6 is 0 Å². The molecule has 1 saturated carbocycles. The third-order valence-corrected chi connectivity index (χ3v) is 7.58. The Labute approximate surface area is 211 Å². The molecule has 1 aliphatic heterocycles. The van der Waals surface area contributed by atoms with Crippen LogP contribution in [0.15, 0.2) is 40.7 Å². The largest absolute Gasteiger partial charge is 0.504 e. The number of benzene rings is 1. The molecule has 2 N–H and O–H groups in total. The minimum absolute atomic E-state index is 0.0521. The molecular formula is C28H35NO7. The summed E-state index contributed by atoms with van der Waals surface area (Å²) in [7, 11) is 2.71. The molecule has 194 valence electrons. The fourth-order valence-corrected chi connectivity index (χ4v) is 5.73. The van der Waals surface area contributed by atoms with Crippen molar-refractivity contribution in [3.63, 3.8) is 0 Å². The lowest BCUT2D eigenvalue weighted by Crippen LogP contribution is -2.43. The fraction of sp³-hybridized carbons (Fsp3) is 0.536. The Morgan fingerprint density at radius 3 is 2.42 bits per heavy atom. The van der Waals surface area contributed by atoms with Gasteiger partial charge in [0, 0.05) is 22.9 Å². The summed E-state index contributed by atoms with van der Waals surface area (Å²) in [5, 5.41) is 13.5. The number of carbonyl (C=O) groups excluding carboxylic acids is 3. The van der Waals surface area contributed by atoms with Gasteiger partial charge >= 0.3 is 11.9 Å². The van der Waals surface area contributed by atoms with E-state index in [0.717, 1.165) is 38.5 Å². The molecule has 1 aromatic carbocycles. The van der Waals surface area contributed by atoms with E-state index in [-0.39, 0.29) is 29.3 Å². The van der Waals surface area contributed by atoms with E-state index in [1.165, 1.54) is 20.3 Å². The summed E-state index contributed by atoms with van der Waals surface area (Å²) >= 11 is 0. The maximum atomic E-state index is 13.8. The van der Waals surface area contributed by atoms with Crippen LogP contribution in [0.25, 0.3) is 0 Å². The summed E-state index contributed by atoms with van der Waals surface area (Å²) < 4.78 is 16.3. The van der Waals surface area contributed by atoms with Gasteiger partial charge in [-0.3, -0.25) is 9.59 Å². The van der Waals surface area contributed by atoms with Crippen molar-refractivity contribution in [3.8, 4) is 11.5 Å². The maximum Gasteiger partial charge on any atom is 0.337 e. The molecule has 1 aromatic rings. The standard InChI is InChI=1S/C28H35NO7/c1-15-13-19-25(26(31)22(15)27(32)35-4)24(17-11-12-20(30)21(14-17)34-3)23(16(2)29-19)28(33)36-18-9-7-5-6-8-10-18/h11-12,14-15,18,22,24,29-30H,5-10,13H2,1-4H3/t15-,22-,24-/m0/s1. The van der Waals surface area contributed by atoms with E-state index in [1.54, 1.807) is 19.1 Å². The molecule has 0 radical (unpaired) electrons. The van der Waals surface area contributed by atoms with E-state index in [2.05, 4.69) is 5.32 Å². The van der Waals surface area contributed by atoms with Gasteiger partial charge in [0.1, 0.15) is 12.0 Å². The Hall–Kier alpha value is -3.29. The molecule has 1 heterocycles. The van der Waals surface area contributed by atoms with Gasteiger partial charge in [-0.05, 0) is 62.6 Å². The number of Topliss-reactive ketones (excluding diaryl/α,β-unsaturated/α-hetero) is 1. The number of dihydropyridines is 1. The first kappa shape index (κ1) is 25.8. The molecule has 2 aliphatic carbocycles. The minimum atomic E-state index is -0.963. The predicted molar refractivity (Wildman–Crippen MR) is 132 cm³/mol. The fourth-order valence-electron chi connectivity index (χ4n) is 5.73. The van der Waals surface area contributed by atoms with E-state index in [0.29, 0.717) is 34.5 Å². The second-order valence-electron chi connectivity index (χ2n) is 9.99. The number of esters is 2. The third-order valence-electron chi connectivity index (χ3n) is 7.58. The third kappa shape index (κ3) is 4.86. The average Bonchev–Trinajstić information content (AvgIpc) is 3.11. The summed E-state index contributed by atoms with van der Waals surface area (Å²) in [4.78, 5) is 40.1. The van der Waals surface area contributed by atoms with Gasteiger partial charge in [0.05, 0.1) is 19.8 Å². The Morgan fingerprint density at radius 2 is 1.78 bits per heavy atom. The maximum absolute atomic E-state index is 13.8. The second-order valence-corrected chi connectivity index (χ2v) is 9.99. The number of ketones is 1. The minimum Gasteiger partial charge on any atom is -0.504 e. The van der Waals surface area contributed by atoms with Crippen LogP contribution in [0.3, 0.4) is 0 Å². The first-order chi connectivity index (χ1) is 17.3. The molecular weight excluding hydrogens is 462 g/mol. The molecule has 8 heteroatoms. The lowest BCUT2D eigenvalue weighted by Gasteiger charge is -2.38. The van der Waals surface area contributed by atoms with E-state index in [1.807, 2.05) is 6.92 Å². The molecule has 0 unspecified atom stereocenters. The van der Waals surface area contributed by atoms with Crippen LogP contribution in [0.5, 0.6) is 11.5 Å². The highest BCUT2D eigenvalue weighted by Crippen LogP contribution is 2.47. The predicted octanol–water partition coefficient (Wildman–Crippen LogP) is 4.28. The first-order valence-electron chi connectivity index (χ1n) is 12.7. The van der Waals surface area contributed by atoms with Gasteiger partial charge in [0.2, 0.25) is 0 Å². The Balaban J connectivity index is 1.80. The van der Waals surface area contributed by atoms with Crippen LogP contribution in [0.4, 0.5) is 0 Å². The Bertz CT molecular complexity index is 1110. The molecule has 3 atom stereocenters. The summed E-state index contributed by atoms with van der Waals surface area (Å²) in [5.41, 5.74) is 2.58. The highest BCUT2D eigenvalue weighted by atomic mass is 16.5. The highest BCUT2D eigenvalue weighted by molar-refractivity contribution is 6.12. The summed E-state index contributed by atoms with van der Waals surface area (Å²) in [6.45, 7) is 3.65. The molecule has 3 aliphatic rings. The number of rotatable bonds is 5. The molecule has 1 fully saturated rings. The molecule has 0 aromatic heterocycles. The van der Waals surface area contributed by atoms with Crippen LogP contribution < -0.4 is 10.1 Å². The zero-order valence-corrected chi connectivity index (χ0v) is 21.4. The van der Waals surface area contributed by atoms with Crippen molar-refractivity contribution in [1.29, 1.82) is 0 Å². The van der Waals surface area contributed by atoms with Gasteiger partial charge < -0.3 is 24.6 Å². The van der Waals surface area contributed by atoms with E-state index in [4.69, 9.17) is 14.2 Å². The van der Waals surface area contributed by atoms with Gasteiger partial charge in [-0.1, -0.05) is 25.8 Å². The van der Waals surface area contributed by atoms with Crippen molar-refractivity contribution >= 4 is 17.7 Å². The van der Waals surface area contributed by atoms with Gasteiger partial charge in [-0.25, -0.2) is 4.79 Å². The molecule has 36 heavy (non-hydrogen) atoms. The van der Waals surface area contributed by atoms with Gasteiger partial charge in [0.25, 0.3) is 0 Å². The highest BCUT2D eigenvalue weighted by Gasteiger charge is 2.47. The lowest BCUT2D eigenvalue weighted by atomic mass is 9.69. The van der Waals surface area contributed by atoms with E-state index < -0.39 is 23.8 Å². The van der Waals surface area contributed by atoms with Crippen molar-refractivity contribution in [2.24, 2.45) is 11.8 Å². The van der Waals surface area contributed by atoms with E-state index in [9.17, 15) is 19.5 Å². The Morgan fingerprint density at radius 1 is 1.08 bits per heavy atom. The molecule has 0 amide bonds. The number of hydrogen-bond acceptors (Lipinski definition) is 8. The lowest BCUT2D eigenvalue weighted by molar-refractivity contribution is -0.151. The molecule has 0 spiro atoms. The van der Waals surface area contributed by atoms with Crippen LogP contribution in [0.1, 0.15) is 70.3 Å². The normalized spacial score (nSPS) is 25.0. The van der Waals surface area contributed by atoms with Crippen molar-refractivity contribution in [1.82, 2.24) is 5.32 Å². The van der Waals surface area contributed by atoms with Gasteiger partial charge in [0.15, 0.2) is 17.3 Å². The molecule has 4 rings (SSSR count). The first-order valence-corrected chi connectivity index (χ1v) is 12.7. The number of methoxy groups -OCH3 is 2. The van der Waals surface area contributed by atoms with E-state index >= 15 is 0 Å². The number of ether oxygens (including phenoxy) is 3. The molecule has 8 nitrogen and oxygen atoms in total. The zero-order valence-electron chi connectivity index (χ0n) is 21.4. The number of hydrogen-bond donors (Lipinski definition) is 2. The number of aromatic hydroxyl groups is 1. The SMILES string of the molecule is COC(=O)[C@@H]1C(=O)C2=C(C[C@@H]1C)NC(C)=C(C(=O)OC1CCCCCC1)[C@@H]2c1ccc(O)c(OC)c1. The summed E-state index contributed by atoms with van der Waals surface area (Å²) in [6.07, 6.45) is 6.20. The monoisotopic (exact) mass is 497 g/mol. The zero-order chi connectivity index (χ0) is 26.0. The quantitative estimate of drug-likeness (QED) is 0.352. The van der Waals surface area contributed by atoms with Gasteiger partial charge in [-0.2, -0.15) is 0 Å². The topological polar surface area (TPSA) is 111 Å². The van der Waals surface area contributed by atoms with Gasteiger partial charge in [-0.15, -0.1) is 0 Å². The smallest absolute Gasteiger partial charge is 0.337 e. The summed E-state index contributed by atoms with van der Waals surface area (Å²) in [6, 6.07) is 4.78. The Kier molecular flexibility index (Phi) is 7.71. The van der Waals surface area contributed by atoms with Crippen molar-refractivity contribution < 1.29 is 33.7 Å². The van der Waals surface area contributed by atoms with Crippen LogP contribution in [-0.2, 0) is 23.9 Å². The van der Waals surface area contributed by atoms with Crippen molar-refractivity contribution in [2.75, 3.05) is 14.2 Å². The van der Waals surface area contributed by atoms with Crippen LogP contribution in [0, 0.1) is 11.8 Å². The molecule has 0 saturated heterocycles. The molecule has 0 bridgehead atoms. The number of phenols is 1. The second kappa shape index (κ2) is 10.8. The number of phenolic OH excluding ortho intramolecular Hbond substituents is 1. The van der Waals surface area contributed by atoms with Crippen molar-refractivity contribution in [2.45, 2.75) is 70.8 Å².